The molecule has 1 aliphatic rings. The third kappa shape index (κ3) is 3.78. The van der Waals surface area contributed by atoms with Crippen LogP contribution < -0.4 is 0 Å². The summed E-state index contributed by atoms with van der Waals surface area (Å²) in [6.45, 7) is 8.32. The molecule has 0 saturated carbocycles. The van der Waals surface area contributed by atoms with E-state index in [9.17, 15) is 4.79 Å². The monoisotopic (exact) mass is 383 g/mol. The first-order chi connectivity index (χ1) is 13.0. The first-order valence-corrected chi connectivity index (χ1v) is 10.6. The number of aromatic nitrogens is 4. The molecule has 4 rings (SSSR count). The second kappa shape index (κ2) is 7.46. The van der Waals surface area contributed by atoms with Crippen molar-refractivity contribution in [3.8, 4) is 0 Å². The average Bonchev–Trinajstić information content (AvgIpc) is 3.03. The molecule has 7 heteroatoms. The predicted molar refractivity (Wildman–Crippen MR) is 109 cm³/mol. The number of benzene rings is 1. The number of nitrogens with one attached hydrogen (secondary N) is 1. The van der Waals surface area contributed by atoms with Crippen molar-refractivity contribution in [1.29, 1.82) is 0 Å². The van der Waals surface area contributed by atoms with E-state index < -0.39 is 0 Å². The van der Waals surface area contributed by atoms with E-state index >= 15 is 0 Å². The van der Waals surface area contributed by atoms with Crippen LogP contribution in [-0.2, 0) is 4.79 Å². The van der Waals surface area contributed by atoms with E-state index in [1.165, 1.54) is 17.3 Å². The predicted octanol–water partition coefficient (Wildman–Crippen LogP) is 3.98. The van der Waals surface area contributed by atoms with Gasteiger partial charge >= 0.3 is 0 Å². The number of aromatic amines is 1. The Labute approximate surface area is 163 Å². The summed E-state index contributed by atoms with van der Waals surface area (Å²) in [6, 6.07) is 6.36. The van der Waals surface area contributed by atoms with Crippen LogP contribution in [0.3, 0.4) is 0 Å². The molecule has 0 spiro atoms. The molecule has 3 aromatic rings. The van der Waals surface area contributed by atoms with Crippen LogP contribution >= 0.6 is 11.8 Å². The minimum Gasteiger partial charge on any atom is -0.342 e. The van der Waals surface area contributed by atoms with E-state index in [0.29, 0.717) is 16.8 Å². The average molecular weight is 384 g/mol. The minimum absolute atomic E-state index is 0.161. The summed E-state index contributed by atoms with van der Waals surface area (Å²) < 4.78 is 0. The van der Waals surface area contributed by atoms with Gasteiger partial charge in [-0.05, 0) is 42.4 Å². The lowest BCUT2D eigenvalue weighted by Gasteiger charge is -2.30. The van der Waals surface area contributed by atoms with Crippen molar-refractivity contribution < 1.29 is 4.79 Å². The Morgan fingerprint density at radius 2 is 2.07 bits per heavy atom. The van der Waals surface area contributed by atoms with Crippen molar-refractivity contribution >= 4 is 39.7 Å². The topological polar surface area (TPSA) is 74.8 Å². The highest BCUT2D eigenvalue weighted by Crippen LogP contribution is 2.27. The number of hydrogen-bond acceptors (Lipinski definition) is 5. The van der Waals surface area contributed by atoms with Crippen molar-refractivity contribution in [2.75, 3.05) is 18.8 Å². The number of carbonyl (C=O) groups excluding carboxylic acids is 1. The Morgan fingerprint density at radius 3 is 2.81 bits per heavy atom. The summed E-state index contributed by atoms with van der Waals surface area (Å²) in [5.74, 6) is 1.70. The summed E-state index contributed by atoms with van der Waals surface area (Å²) in [7, 11) is 0. The summed E-state index contributed by atoms with van der Waals surface area (Å²) in [5, 5.41) is 10.2. The Kier molecular flexibility index (Phi) is 5.04. The number of fused-ring (bicyclic) bond motifs is 3. The fraction of sp³-hybridized carbons (Fsp3) is 0.500. The first kappa shape index (κ1) is 18.2. The van der Waals surface area contributed by atoms with Crippen molar-refractivity contribution in [3.63, 3.8) is 0 Å². The molecule has 1 N–H and O–H groups in total. The lowest BCUT2D eigenvalue weighted by atomic mass is 9.99. The number of nitrogens with zero attached hydrogens (tertiary/aromatic N) is 4. The van der Waals surface area contributed by atoms with Gasteiger partial charge in [0.15, 0.2) is 5.65 Å². The third-order valence-corrected chi connectivity index (χ3v) is 6.17. The van der Waals surface area contributed by atoms with Crippen LogP contribution in [0.2, 0.25) is 0 Å². The molecule has 1 saturated heterocycles. The largest absolute Gasteiger partial charge is 0.342 e. The molecule has 3 heterocycles. The van der Waals surface area contributed by atoms with Crippen LogP contribution in [-0.4, -0.2) is 49.8 Å². The van der Waals surface area contributed by atoms with Crippen molar-refractivity contribution in [3.05, 3.63) is 23.8 Å². The highest BCUT2D eigenvalue weighted by atomic mass is 32.2. The molecule has 0 aliphatic carbocycles. The van der Waals surface area contributed by atoms with Crippen LogP contribution in [0.4, 0.5) is 0 Å². The zero-order valence-corrected chi connectivity index (χ0v) is 16.8. The molecule has 1 fully saturated rings. The van der Waals surface area contributed by atoms with E-state index in [2.05, 4.69) is 59.1 Å². The summed E-state index contributed by atoms with van der Waals surface area (Å²) in [6.07, 6.45) is 2.18. The van der Waals surface area contributed by atoms with E-state index in [4.69, 9.17) is 0 Å². The smallest absolute Gasteiger partial charge is 0.233 e. The van der Waals surface area contributed by atoms with Crippen molar-refractivity contribution in [2.24, 2.45) is 5.92 Å². The number of thioether (sulfide) groups is 1. The number of amides is 1. The molecule has 1 aromatic carbocycles. The van der Waals surface area contributed by atoms with Crippen LogP contribution in [0.15, 0.2) is 23.4 Å². The number of piperidine rings is 1. The van der Waals surface area contributed by atoms with Gasteiger partial charge in [-0.2, -0.15) is 0 Å². The molecule has 0 bridgehead atoms. The molecule has 1 amide bonds. The van der Waals surface area contributed by atoms with E-state index in [-0.39, 0.29) is 5.91 Å². The van der Waals surface area contributed by atoms with Gasteiger partial charge in [0.1, 0.15) is 5.52 Å². The number of hydrogen-bond donors (Lipinski definition) is 1. The van der Waals surface area contributed by atoms with Crippen LogP contribution in [0.25, 0.3) is 22.1 Å². The number of carbonyl (C=O) groups is 1. The van der Waals surface area contributed by atoms with Crippen LogP contribution in [0.1, 0.15) is 45.1 Å². The first-order valence-electron chi connectivity index (χ1n) is 9.58. The molecule has 0 atom stereocenters. The summed E-state index contributed by atoms with van der Waals surface area (Å²) in [4.78, 5) is 22.3. The fourth-order valence-corrected chi connectivity index (χ4v) is 4.16. The normalized spacial score (nSPS) is 15.9. The summed E-state index contributed by atoms with van der Waals surface area (Å²) in [5.41, 5.74) is 3.79. The highest BCUT2D eigenvalue weighted by molar-refractivity contribution is 7.99. The van der Waals surface area contributed by atoms with Gasteiger partial charge in [-0.3, -0.25) is 4.79 Å². The highest BCUT2D eigenvalue weighted by Gasteiger charge is 2.20. The van der Waals surface area contributed by atoms with Crippen molar-refractivity contribution in [2.45, 2.75) is 44.7 Å². The molecule has 142 valence electrons. The molecule has 27 heavy (non-hydrogen) atoms. The van der Waals surface area contributed by atoms with Gasteiger partial charge in [0.25, 0.3) is 0 Å². The number of rotatable bonds is 4. The zero-order chi connectivity index (χ0) is 19.0. The van der Waals surface area contributed by atoms with Crippen molar-refractivity contribution in [1.82, 2.24) is 25.1 Å². The standard InChI is InChI=1S/C20H25N5OS/c1-12(2)14-4-5-16-15(10-14)18-19(21-16)22-20(24-23-18)27-11-17(26)25-8-6-13(3)7-9-25/h4-5,10,12-13H,6-9,11H2,1-3H3,(H,21,22,24). The van der Waals surface area contributed by atoms with Gasteiger partial charge in [-0.25, -0.2) is 4.98 Å². The van der Waals surface area contributed by atoms with Crippen LogP contribution in [0.5, 0.6) is 0 Å². The second-order valence-electron chi connectivity index (χ2n) is 7.73. The van der Waals surface area contributed by atoms with Gasteiger partial charge in [0, 0.05) is 24.0 Å². The van der Waals surface area contributed by atoms with Gasteiger partial charge in [0.05, 0.1) is 5.75 Å². The molecule has 2 aromatic heterocycles. The summed E-state index contributed by atoms with van der Waals surface area (Å²) >= 11 is 1.36. The van der Waals surface area contributed by atoms with Crippen LogP contribution in [0, 0.1) is 5.92 Å². The Hall–Kier alpha value is -2.15. The molecule has 1 aliphatic heterocycles. The Bertz CT molecular complexity index is 975. The maximum absolute atomic E-state index is 12.4. The molecule has 6 nitrogen and oxygen atoms in total. The lowest BCUT2D eigenvalue weighted by Crippen LogP contribution is -2.38. The SMILES string of the molecule is CC1CCN(C(=O)CSc2nnc3c(n2)[nH]c2ccc(C(C)C)cc23)CC1. The van der Waals surface area contributed by atoms with E-state index in [0.717, 1.165) is 53.9 Å². The number of likely N-dealkylation sites (tertiary alicyclic amines) is 1. The van der Waals surface area contributed by atoms with Gasteiger partial charge in [-0.1, -0.05) is 38.6 Å². The lowest BCUT2D eigenvalue weighted by molar-refractivity contribution is -0.129. The maximum Gasteiger partial charge on any atom is 0.233 e. The van der Waals surface area contributed by atoms with Gasteiger partial charge < -0.3 is 9.88 Å². The second-order valence-corrected chi connectivity index (χ2v) is 8.67. The minimum atomic E-state index is 0.161. The molecular weight excluding hydrogens is 358 g/mol. The Morgan fingerprint density at radius 1 is 1.30 bits per heavy atom. The number of H-pyrrole nitrogens is 1. The third-order valence-electron chi connectivity index (χ3n) is 5.35. The maximum atomic E-state index is 12.4. The zero-order valence-electron chi connectivity index (χ0n) is 16.0. The molecular formula is C20H25N5OS. The molecule has 0 unspecified atom stereocenters. The van der Waals surface area contributed by atoms with E-state index in [1.54, 1.807) is 0 Å². The van der Waals surface area contributed by atoms with Gasteiger partial charge in [0.2, 0.25) is 11.1 Å². The Balaban J connectivity index is 1.50. The van der Waals surface area contributed by atoms with Gasteiger partial charge in [-0.15, -0.1) is 10.2 Å². The quantitative estimate of drug-likeness (QED) is 0.690. The fourth-order valence-electron chi connectivity index (χ4n) is 3.47. The molecule has 0 radical (unpaired) electrons. The van der Waals surface area contributed by atoms with E-state index in [1.807, 2.05) is 4.90 Å².